The fraction of sp³-hybridized carbons (Fsp3) is 0.520. The second kappa shape index (κ2) is 9.49. The van der Waals surface area contributed by atoms with Crippen LogP contribution in [0.1, 0.15) is 31.5 Å². The Hall–Kier alpha value is -3.38. The number of nitrogens with two attached hydrogens (primary N) is 1. The van der Waals surface area contributed by atoms with E-state index >= 15 is 0 Å². The van der Waals surface area contributed by atoms with Gasteiger partial charge in [0.15, 0.2) is 5.82 Å². The van der Waals surface area contributed by atoms with Crippen molar-refractivity contribution in [3.05, 3.63) is 36.2 Å². The molecule has 0 unspecified atom stereocenters. The van der Waals surface area contributed by atoms with Gasteiger partial charge < -0.3 is 25.2 Å². The van der Waals surface area contributed by atoms with Gasteiger partial charge in [-0.05, 0) is 31.4 Å². The molecule has 0 radical (unpaired) electrons. The Balaban J connectivity index is 1.36. The van der Waals surface area contributed by atoms with E-state index in [4.69, 9.17) is 20.4 Å². The molecule has 1 aliphatic carbocycles. The summed E-state index contributed by atoms with van der Waals surface area (Å²) in [5, 5.41) is 0. The van der Waals surface area contributed by atoms with Gasteiger partial charge in [0.05, 0.1) is 29.8 Å². The number of anilines is 2. The van der Waals surface area contributed by atoms with E-state index < -0.39 is 17.8 Å². The molecule has 10 nitrogen and oxygen atoms in total. The molecule has 3 aromatic rings. The number of piperazine rings is 1. The molecular weight excluding hydrogens is 482 g/mol. The summed E-state index contributed by atoms with van der Waals surface area (Å²) in [5.74, 6) is 1.05. The zero-order valence-electron chi connectivity index (χ0n) is 20.5. The minimum Gasteiger partial charge on any atom is -0.378 e. The lowest BCUT2D eigenvalue weighted by Crippen LogP contribution is -2.62. The van der Waals surface area contributed by atoms with Gasteiger partial charge in [0, 0.05) is 45.3 Å². The average Bonchev–Trinajstić information content (AvgIpc) is 3.32. The van der Waals surface area contributed by atoms with Gasteiger partial charge in [0.25, 0.3) is 6.43 Å². The Morgan fingerprint density at radius 3 is 2.22 bits per heavy atom. The Labute approximate surface area is 213 Å². The van der Waals surface area contributed by atoms with Gasteiger partial charge in [-0.25, -0.2) is 13.8 Å². The van der Waals surface area contributed by atoms with Crippen LogP contribution >= 0.6 is 0 Å². The summed E-state index contributed by atoms with van der Waals surface area (Å²) in [6.45, 7) is 4.59. The maximum Gasteiger partial charge on any atom is 0.296 e. The molecule has 4 heterocycles. The second-order valence-corrected chi connectivity index (χ2v) is 9.87. The van der Waals surface area contributed by atoms with Crippen molar-refractivity contribution in [2.45, 2.75) is 31.2 Å². The molecule has 3 aliphatic rings. The number of rotatable bonds is 5. The van der Waals surface area contributed by atoms with Crippen molar-refractivity contribution in [2.24, 2.45) is 5.73 Å². The molecule has 196 valence electrons. The molecule has 1 aromatic carbocycles. The highest BCUT2D eigenvalue weighted by atomic mass is 19.3. The van der Waals surface area contributed by atoms with E-state index in [0.29, 0.717) is 75.2 Å². The molecular formula is C25H30F2N8O2. The zero-order chi connectivity index (χ0) is 25.6. The standard InChI is InChI=1S/C25H30F2N8O2/c26-21(27)22-29-17-4-1-2-5-18(17)35(22)24-30-19(16-20(31-24)33-12-14-37-15-13-33)32-8-10-34(11-9-32)23(36)25(28)6-3-7-25/h1-2,4-5,16,21H,3,6-15,28H2. The summed E-state index contributed by atoms with van der Waals surface area (Å²) >= 11 is 0. The van der Waals surface area contributed by atoms with Gasteiger partial charge in [-0.3, -0.25) is 9.36 Å². The van der Waals surface area contributed by atoms with Crippen LogP contribution in [0.3, 0.4) is 0 Å². The number of halogens is 2. The van der Waals surface area contributed by atoms with Crippen molar-refractivity contribution in [1.82, 2.24) is 24.4 Å². The van der Waals surface area contributed by atoms with Crippen LogP contribution in [-0.4, -0.2) is 88.3 Å². The van der Waals surface area contributed by atoms with Gasteiger partial charge in [0.2, 0.25) is 11.9 Å². The lowest BCUT2D eigenvalue weighted by Gasteiger charge is -2.43. The average molecular weight is 513 g/mol. The van der Waals surface area contributed by atoms with Crippen molar-refractivity contribution in [2.75, 3.05) is 62.3 Å². The molecule has 0 atom stereocenters. The molecule has 2 aromatic heterocycles. The van der Waals surface area contributed by atoms with Gasteiger partial charge in [-0.15, -0.1) is 0 Å². The summed E-state index contributed by atoms with van der Waals surface area (Å²) in [5.41, 5.74) is 6.53. The first-order valence-corrected chi connectivity index (χ1v) is 12.7. The minimum atomic E-state index is -2.80. The molecule has 1 saturated carbocycles. The SMILES string of the molecule is NC1(C(=O)N2CCN(c3cc(N4CCOCC4)nc(-n4c(C(F)F)nc5ccccc54)n3)CC2)CCC1. The highest BCUT2D eigenvalue weighted by Crippen LogP contribution is 2.32. The highest BCUT2D eigenvalue weighted by molar-refractivity contribution is 5.87. The number of carbonyl (C=O) groups excluding carboxylic acids is 1. The number of hydrogen-bond donors (Lipinski definition) is 1. The molecule has 2 aliphatic heterocycles. The summed E-state index contributed by atoms with van der Waals surface area (Å²) in [6, 6.07) is 8.88. The predicted molar refractivity (Wildman–Crippen MR) is 134 cm³/mol. The first-order valence-electron chi connectivity index (χ1n) is 12.7. The van der Waals surface area contributed by atoms with Crippen LogP contribution in [0.25, 0.3) is 17.0 Å². The van der Waals surface area contributed by atoms with Crippen LogP contribution in [0, 0.1) is 0 Å². The largest absolute Gasteiger partial charge is 0.378 e. The summed E-state index contributed by atoms with van der Waals surface area (Å²) in [4.78, 5) is 32.5. The maximum absolute atomic E-state index is 14.1. The number of aromatic nitrogens is 4. The molecule has 1 amide bonds. The minimum absolute atomic E-state index is 0.0160. The number of nitrogens with zero attached hydrogens (tertiary/aromatic N) is 7. The van der Waals surface area contributed by atoms with E-state index in [9.17, 15) is 13.6 Å². The van der Waals surface area contributed by atoms with Crippen LogP contribution in [-0.2, 0) is 9.53 Å². The summed E-state index contributed by atoms with van der Waals surface area (Å²) in [7, 11) is 0. The number of benzene rings is 1. The van der Waals surface area contributed by atoms with Crippen molar-refractivity contribution >= 4 is 28.6 Å². The number of fused-ring (bicyclic) bond motifs is 1. The molecule has 3 fully saturated rings. The number of imidazole rings is 1. The molecule has 37 heavy (non-hydrogen) atoms. The first kappa shape index (κ1) is 24.0. The molecule has 12 heteroatoms. The van der Waals surface area contributed by atoms with E-state index in [0.717, 1.165) is 19.3 Å². The predicted octanol–water partition coefficient (Wildman–Crippen LogP) is 2.12. The Bertz CT molecular complexity index is 1300. The Morgan fingerprint density at radius 2 is 1.59 bits per heavy atom. The number of hydrogen-bond acceptors (Lipinski definition) is 8. The lowest BCUT2D eigenvalue weighted by molar-refractivity contribution is -0.140. The van der Waals surface area contributed by atoms with Crippen LogP contribution in [0.4, 0.5) is 20.4 Å². The van der Waals surface area contributed by atoms with Gasteiger partial charge in [-0.1, -0.05) is 12.1 Å². The maximum atomic E-state index is 14.1. The number of amides is 1. The first-order chi connectivity index (χ1) is 17.9. The zero-order valence-corrected chi connectivity index (χ0v) is 20.5. The third-order valence-electron chi connectivity index (χ3n) is 7.57. The number of para-hydroxylation sites is 2. The van der Waals surface area contributed by atoms with E-state index in [1.54, 1.807) is 24.3 Å². The summed E-state index contributed by atoms with van der Waals surface area (Å²) in [6.07, 6.45) is -0.346. The van der Waals surface area contributed by atoms with Crippen LogP contribution < -0.4 is 15.5 Å². The number of carbonyl (C=O) groups is 1. The smallest absolute Gasteiger partial charge is 0.296 e. The summed E-state index contributed by atoms with van der Waals surface area (Å²) < 4.78 is 35.0. The van der Waals surface area contributed by atoms with Crippen LogP contribution in [0.15, 0.2) is 30.3 Å². The van der Waals surface area contributed by atoms with Crippen LogP contribution in [0.2, 0.25) is 0 Å². The molecule has 6 rings (SSSR count). The fourth-order valence-electron chi connectivity index (χ4n) is 5.25. The number of ether oxygens (including phenoxy) is 1. The van der Waals surface area contributed by atoms with E-state index in [-0.39, 0.29) is 11.9 Å². The number of alkyl halides is 2. The molecule has 2 N–H and O–H groups in total. The number of morpholine rings is 1. The normalized spacial score (nSPS) is 19.9. The quantitative estimate of drug-likeness (QED) is 0.554. The van der Waals surface area contributed by atoms with Gasteiger partial charge in [0.1, 0.15) is 11.6 Å². The lowest BCUT2D eigenvalue weighted by atomic mass is 9.76. The third-order valence-corrected chi connectivity index (χ3v) is 7.57. The Morgan fingerprint density at radius 1 is 0.946 bits per heavy atom. The topological polar surface area (TPSA) is 106 Å². The third kappa shape index (κ3) is 4.37. The van der Waals surface area contributed by atoms with Crippen molar-refractivity contribution in [1.29, 1.82) is 0 Å². The van der Waals surface area contributed by atoms with Crippen LogP contribution in [0.5, 0.6) is 0 Å². The molecule has 2 saturated heterocycles. The van der Waals surface area contributed by atoms with E-state index in [1.165, 1.54) is 4.57 Å². The van der Waals surface area contributed by atoms with E-state index in [2.05, 4.69) is 14.8 Å². The van der Waals surface area contributed by atoms with E-state index in [1.807, 2.05) is 11.0 Å². The van der Waals surface area contributed by atoms with Crippen molar-refractivity contribution < 1.29 is 18.3 Å². The van der Waals surface area contributed by atoms with Gasteiger partial charge >= 0.3 is 0 Å². The monoisotopic (exact) mass is 512 g/mol. The Kier molecular flexibility index (Phi) is 6.15. The molecule has 0 bridgehead atoms. The van der Waals surface area contributed by atoms with Gasteiger partial charge in [-0.2, -0.15) is 9.97 Å². The highest BCUT2D eigenvalue weighted by Gasteiger charge is 2.43. The molecule has 0 spiro atoms. The van der Waals surface area contributed by atoms with Crippen molar-refractivity contribution in [3.8, 4) is 5.95 Å². The fourth-order valence-corrected chi connectivity index (χ4v) is 5.25. The second-order valence-electron chi connectivity index (χ2n) is 9.87. The van der Waals surface area contributed by atoms with Crippen molar-refractivity contribution in [3.63, 3.8) is 0 Å².